The zero-order valence-corrected chi connectivity index (χ0v) is 32.1. The lowest BCUT2D eigenvalue weighted by molar-refractivity contribution is -0.354. The minimum atomic E-state index is -0.717. The molecule has 0 amide bonds. The lowest BCUT2D eigenvalue weighted by Gasteiger charge is -2.50. The average Bonchev–Trinajstić information content (AvgIpc) is 3.15. The summed E-state index contributed by atoms with van der Waals surface area (Å²) < 4.78 is 64.0. The van der Waals surface area contributed by atoms with Crippen LogP contribution < -0.4 is 0 Å². The molecule has 0 saturated carbocycles. The molecule has 10 atom stereocenters. The van der Waals surface area contributed by atoms with Crippen molar-refractivity contribution in [2.75, 3.05) is 6.61 Å². The van der Waals surface area contributed by atoms with E-state index < -0.39 is 28.9 Å². The molecule has 5 heterocycles. The summed E-state index contributed by atoms with van der Waals surface area (Å²) in [4.78, 5) is 0. The molecule has 48 heavy (non-hydrogen) atoms. The predicted octanol–water partition coefficient (Wildman–Crippen LogP) is 7.78. The molecule has 0 N–H and O–H groups in total. The molecule has 5 saturated heterocycles. The minimum absolute atomic E-state index is 0.00581. The molecule has 5 aliphatic rings. The second-order valence-corrected chi connectivity index (χ2v) is 17.4. The quantitative estimate of drug-likeness (QED) is 0.201. The first-order chi connectivity index (χ1) is 22.2. The van der Waals surface area contributed by atoms with E-state index in [-0.39, 0.29) is 60.9 Å². The van der Waals surface area contributed by atoms with Crippen molar-refractivity contribution in [1.82, 2.24) is 0 Å². The lowest BCUT2D eigenvalue weighted by atomic mass is 9.86. The van der Waals surface area contributed by atoms with Crippen molar-refractivity contribution < 1.29 is 47.4 Å². The maximum atomic E-state index is 6.60. The zero-order chi connectivity index (χ0) is 35.1. The van der Waals surface area contributed by atoms with Gasteiger partial charge in [0.1, 0.15) is 0 Å². The van der Waals surface area contributed by atoms with Gasteiger partial charge in [-0.25, -0.2) is 0 Å². The fraction of sp³-hybridized carbons (Fsp3) is 1.00. The molecule has 280 valence electrons. The molecule has 5 rings (SSSR count). The van der Waals surface area contributed by atoms with Gasteiger partial charge in [-0.1, -0.05) is 26.2 Å². The van der Waals surface area contributed by atoms with Crippen LogP contribution in [0.5, 0.6) is 0 Å². The molecule has 0 radical (unpaired) electrons. The van der Waals surface area contributed by atoms with Crippen molar-refractivity contribution in [2.45, 2.75) is 231 Å². The Morgan fingerprint density at radius 3 is 1.44 bits per heavy atom. The largest absolute Gasteiger partial charge is 0.350 e. The molecule has 10 heteroatoms. The van der Waals surface area contributed by atoms with E-state index in [9.17, 15) is 0 Å². The normalized spacial score (nSPS) is 42.0. The Morgan fingerprint density at radius 1 is 0.479 bits per heavy atom. The maximum absolute atomic E-state index is 6.60. The second kappa shape index (κ2) is 14.9. The number of ether oxygens (including phenoxy) is 10. The van der Waals surface area contributed by atoms with Crippen LogP contribution in [0.1, 0.15) is 147 Å². The average molecular weight is 685 g/mol. The van der Waals surface area contributed by atoms with E-state index in [0.29, 0.717) is 6.61 Å². The highest BCUT2D eigenvalue weighted by Gasteiger charge is 2.48. The molecule has 0 aromatic rings. The summed E-state index contributed by atoms with van der Waals surface area (Å²) in [6.45, 7) is 25.0. The van der Waals surface area contributed by atoms with Gasteiger partial charge in [0.25, 0.3) is 0 Å². The number of hydrogen-bond donors (Lipinski definition) is 0. The zero-order valence-electron chi connectivity index (χ0n) is 32.1. The third kappa shape index (κ3) is 10.8. The van der Waals surface area contributed by atoms with Crippen molar-refractivity contribution in [3.8, 4) is 0 Å². The molecule has 0 unspecified atom stereocenters. The Bertz CT molecular complexity index is 1040. The van der Waals surface area contributed by atoms with Crippen molar-refractivity contribution >= 4 is 0 Å². The SMILES string of the molecule is CCCCC[C@H]1OC(C)(C)OC[C@H]1[C@@H]1C[C@H](C[C@@H]2C[C@H](C[C@@H]3C[C@H](C[C@@H]4OC(C)(C)O[C@H]4C)OC(C)(C)O3)OC(C)(C)O2)OC(C)(C)O1. The predicted molar refractivity (Wildman–Crippen MR) is 181 cm³/mol. The van der Waals surface area contributed by atoms with Crippen LogP contribution >= 0.6 is 0 Å². The monoisotopic (exact) mass is 684 g/mol. The van der Waals surface area contributed by atoms with Crippen LogP contribution in [0.2, 0.25) is 0 Å². The van der Waals surface area contributed by atoms with Crippen LogP contribution in [-0.4, -0.2) is 90.5 Å². The lowest BCUT2D eigenvalue weighted by Crippen LogP contribution is -2.56. The molecule has 5 fully saturated rings. The fourth-order valence-electron chi connectivity index (χ4n) is 8.78. The molecule has 10 nitrogen and oxygen atoms in total. The summed E-state index contributed by atoms with van der Waals surface area (Å²) >= 11 is 0. The van der Waals surface area contributed by atoms with Crippen molar-refractivity contribution in [1.29, 1.82) is 0 Å². The highest BCUT2D eigenvalue weighted by molar-refractivity contribution is 4.92. The molecule has 0 aliphatic carbocycles. The van der Waals surface area contributed by atoms with Crippen molar-refractivity contribution in [2.24, 2.45) is 5.92 Å². The third-order valence-electron chi connectivity index (χ3n) is 10.3. The highest BCUT2D eigenvalue weighted by atomic mass is 16.8. The maximum Gasteiger partial charge on any atom is 0.163 e. The van der Waals surface area contributed by atoms with E-state index in [4.69, 9.17) is 47.4 Å². The first-order valence-corrected chi connectivity index (χ1v) is 19.0. The van der Waals surface area contributed by atoms with Gasteiger partial charge in [0.05, 0.1) is 61.5 Å². The molecule has 0 aromatic heterocycles. The van der Waals surface area contributed by atoms with Gasteiger partial charge < -0.3 is 47.4 Å². The summed E-state index contributed by atoms with van der Waals surface area (Å²) in [5.74, 6) is -3.14. The molecular formula is C38H68O10. The van der Waals surface area contributed by atoms with Gasteiger partial charge >= 0.3 is 0 Å². The highest BCUT2D eigenvalue weighted by Crippen LogP contribution is 2.42. The number of hydrogen-bond acceptors (Lipinski definition) is 10. The Morgan fingerprint density at radius 2 is 0.938 bits per heavy atom. The van der Waals surface area contributed by atoms with Crippen LogP contribution in [0, 0.1) is 5.92 Å². The molecule has 0 bridgehead atoms. The number of rotatable bonds is 11. The molecule has 0 spiro atoms. The standard InChI is InChI=1S/C38H68O10/c1-13-14-15-16-31-30(23-39-34(3,4)46-31)33-22-29(45-38(11,12)48-33)20-27-18-25(41-36(7,8)42-27)17-26-19-28(44-37(9,10)43-26)21-32-24(2)40-35(5,6)47-32/h24-33H,13-23H2,1-12H3/t24-,25-,26+,27-,28+,29-,30+,31+,32-,33-/m0/s1. The smallest absolute Gasteiger partial charge is 0.163 e. The summed E-state index contributed by atoms with van der Waals surface area (Å²) in [6.07, 6.45) is 9.19. The van der Waals surface area contributed by atoms with E-state index in [2.05, 4.69) is 13.8 Å². The van der Waals surface area contributed by atoms with Gasteiger partial charge in [-0.3, -0.25) is 0 Å². The summed E-state index contributed by atoms with van der Waals surface area (Å²) in [5, 5.41) is 0. The first kappa shape index (κ1) is 38.8. The van der Waals surface area contributed by atoms with Crippen LogP contribution in [0.25, 0.3) is 0 Å². The Balaban J connectivity index is 1.21. The number of unbranched alkanes of at least 4 members (excludes halogenated alkanes) is 2. The van der Waals surface area contributed by atoms with Gasteiger partial charge in [0, 0.05) is 44.4 Å². The summed E-state index contributed by atoms with van der Waals surface area (Å²) in [6, 6.07) is 0. The van der Waals surface area contributed by atoms with Gasteiger partial charge in [-0.2, -0.15) is 0 Å². The Kier molecular flexibility index (Phi) is 12.1. The third-order valence-corrected chi connectivity index (χ3v) is 10.3. The van der Waals surface area contributed by atoms with E-state index in [1.54, 1.807) is 0 Å². The minimum Gasteiger partial charge on any atom is -0.350 e. The van der Waals surface area contributed by atoms with Gasteiger partial charge in [-0.15, -0.1) is 0 Å². The van der Waals surface area contributed by atoms with E-state index in [0.717, 1.165) is 51.4 Å². The van der Waals surface area contributed by atoms with Crippen LogP contribution in [0.4, 0.5) is 0 Å². The van der Waals surface area contributed by atoms with E-state index in [1.807, 2.05) is 69.2 Å². The van der Waals surface area contributed by atoms with Gasteiger partial charge in [0.2, 0.25) is 0 Å². The molecule has 5 aliphatic heterocycles. The van der Waals surface area contributed by atoms with Gasteiger partial charge in [0.15, 0.2) is 28.9 Å². The summed E-state index contributed by atoms with van der Waals surface area (Å²) in [7, 11) is 0. The van der Waals surface area contributed by atoms with Crippen LogP contribution in [-0.2, 0) is 47.4 Å². The fourth-order valence-corrected chi connectivity index (χ4v) is 8.78. The molecule has 0 aromatic carbocycles. The summed E-state index contributed by atoms with van der Waals surface area (Å²) in [5.41, 5.74) is 0. The van der Waals surface area contributed by atoms with Crippen molar-refractivity contribution in [3.05, 3.63) is 0 Å². The second-order valence-electron chi connectivity index (χ2n) is 17.4. The van der Waals surface area contributed by atoms with Crippen LogP contribution in [0.15, 0.2) is 0 Å². The van der Waals surface area contributed by atoms with Crippen molar-refractivity contribution in [3.63, 3.8) is 0 Å². The first-order valence-electron chi connectivity index (χ1n) is 19.0. The topological polar surface area (TPSA) is 92.3 Å². The Hall–Kier alpha value is -0.400. The van der Waals surface area contributed by atoms with E-state index >= 15 is 0 Å². The van der Waals surface area contributed by atoms with Gasteiger partial charge in [-0.05, 0) is 82.6 Å². The Labute approximate surface area is 290 Å². The molecular weight excluding hydrogens is 616 g/mol. The van der Waals surface area contributed by atoms with Crippen LogP contribution in [0.3, 0.4) is 0 Å². The van der Waals surface area contributed by atoms with E-state index in [1.165, 1.54) is 12.8 Å².